The molecule has 1 aliphatic rings. The van der Waals surface area contributed by atoms with E-state index in [1.165, 1.54) is 0 Å². The van der Waals surface area contributed by atoms with Crippen molar-refractivity contribution in [2.24, 2.45) is 0 Å². The standard InChI is InChI=1S/C19H18Cl3N3O2/c20-14-3-1-2-12(19(14)22)4-7-17(26)24-13-5-6-16(15(21)10-13)25-9-8-23-18(27)11-25/h1-3,5-6,10H,4,7-9,11H2,(H,23,27)(H,24,26). The van der Waals surface area contributed by atoms with Gasteiger partial charge in [-0.15, -0.1) is 0 Å². The maximum Gasteiger partial charge on any atom is 0.239 e. The summed E-state index contributed by atoms with van der Waals surface area (Å²) in [7, 11) is 0. The molecule has 0 aromatic heterocycles. The molecule has 1 aliphatic heterocycles. The molecule has 3 rings (SSSR count). The fraction of sp³-hybridized carbons (Fsp3) is 0.263. The summed E-state index contributed by atoms with van der Waals surface area (Å²) in [4.78, 5) is 25.7. The smallest absolute Gasteiger partial charge is 0.239 e. The molecule has 0 atom stereocenters. The highest BCUT2D eigenvalue weighted by Gasteiger charge is 2.19. The monoisotopic (exact) mass is 425 g/mol. The predicted octanol–water partition coefficient (Wildman–Crippen LogP) is 4.15. The van der Waals surface area contributed by atoms with Crippen LogP contribution in [0, 0.1) is 0 Å². The second kappa shape index (κ2) is 8.83. The summed E-state index contributed by atoms with van der Waals surface area (Å²) in [5, 5.41) is 7.04. The van der Waals surface area contributed by atoms with Crippen LogP contribution in [0.4, 0.5) is 11.4 Å². The van der Waals surface area contributed by atoms with Crippen LogP contribution in [0.3, 0.4) is 0 Å². The van der Waals surface area contributed by atoms with Gasteiger partial charge in [-0.1, -0.05) is 46.9 Å². The first-order chi connectivity index (χ1) is 12.9. The molecule has 0 spiro atoms. The number of benzene rings is 2. The molecule has 142 valence electrons. The number of amides is 2. The zero-order valence-corrected chi connectivity index (χ0v) is 16.7. The maximum atomic E-state index is 12.2. The second-order valence-corrected chi connectivity index (χ2v) is 7.39. The summed E-state index contributed by atoms with van der Waals surface area (Å²) < 4.78 is 0. The summed E-state index contributed by atoms with van der Waals surface area (Å²) >= 11 is 18.5. The first kappa shape index (κ1) is 19.8. The number of rotatable bonds is 5. The Kier molecular flexibility index (Phi) is 6.47. The van der Waals surface area contributed by atoms with Crippen molar-refractivity contribution in [3.63, 3.8) is 0 Å². The molecule has 2 N–H and O–H groups in total. The summed E-state index contributed by atoms with van der Waals surface area (Å²) in [5.41, 5.74) is 2.21. The van der Waals surface area contributed by atoms with Crippen LogP contribution in [0.1, 0.15) is 12.0 Å². The van der Waals surface area contributed by atoms with Crippen molar-refractivity contribution in [2.45, 2.75) is 12.8 Å². The predicted molar refractivity (Wildman–Crippen MR) is 110 cm³/mol. The molecule has 1 heterocycles. The number of hydrogen-bond donors (Lipinski definition) is 2. The SMILES string of the molecule is O=C1CN(c2ccc(NC(=O)CCc3cccc(Cl)c3Cl)cc2Cl)CCN1. The van der Waals surface area contributed by atoms with E-state index in [2.05, 4.69) is 10.6 Å². The van der Waals surface area contributed by atoms with Gasteiger partial charge < -0.3 is 15.5 Å². The van der Waals surface area contributed by atoms with E-state index in [0.717, 1.165) is 11.3 Å². The number of halogens is 3. The molecular formula is C19H18Cl3N3O2. The molecule has 8 heteroatoms. The van der Waals surface area contributed by atoms with Crippen molar-refractivity contribution in [3.05, 3.63) is 57.0 Å². The van der Waals surface area contributed by atoms with Crippen LogP contribution in [0.15, 0.2) is 36.4 Å². The van der Waals surface area contributed by atoms with E-state index < -0.39 is 0 Å². The molecule has 2 aromatic carbocycles. The summed E-state index contributed by atoms with van der Waals surface area (Å²) in [6.45, 7) is 1.54. The quantitative estimate of drug-likeness (QED) is 0.755. The van der Waals surface area contributed by atoms with Gasteiger partial charge in [0.05, 0.1) is 27.3 Å². The Hall–Kier alpha value is -1.95. The number of nitrogens with zero attached hydrogens (tertiary/aromatic N) is 1. The van der Waals surface area contributed by atoms with Gasteiger partial charge in [-0.2, -0.15) is 0 Å². The molecule has 0 bridgehead atoms. The highest BCUT2D eigenvalue weighted by Crippen LogP contribution is 2.30. The third-order valence-electron chi connectivity index (χ3n) is 4.26. The Morgan fingerprint density at radius 1 is 1.15 bits per heavy atom. The van der Waals surface area contributed by atoms with Gasteiger partial charge in [0.15, 0.2) is 0 Å². The zero-order chi connectivity index (χ0) is 19.4. The van der Waals surface area contributed by atoms with Crippen LogP contribution < -0.4 is 15.5 Å². The van der Waals surface area contributed by atoms with E-state index in [1.807, 2.05) is 17.0 Å². The molecule has 27 heavy (non-hydrogen) atoms. The minimum absolute atomic E-state index is 0.0330. The number of carbonyl (C=O) groups is 2. The van der Waals surface area contributed by atoms with Gasteiger partial charge >= 0.3 is 0 Å². The molecule has 0 radical (unpaired) electrons. The van der Waals surface area contributed by atoms with E-state index in [1.54, 1.807) is 24.3 Å². The Morgan fingerprint density at radius 3 is 2.70 bits per heavy atom. The summed E-state index contributed by atoms with van der Waals surface area (Å²) in [6.07, 6.45) is 0.756. The number of anilines is 2. The van der Waals surface area contributed by atoms with E-state index in [-0.39, 0.29) is 24.8 Å². The van der Waals surface area contributed by atoms with Gasteiger partial charge in [0, 0.05) is 25.2 Å². The lowest BCUT2D eigenvalue weighted by atomic mass is 10.1. The van der Waals surface area contributed by atoms with E-state index in [0.29, 0.717) is 40.3 Å². The van der Waals surface area contributed by atoms with Gasteiger partial charge in [0.1, 0.15) is 0 Å². The van der Waals surface area contributed by atoms with Crippen LogP contribution in [0.2, 0.25) is 15.1 Å². The molecule has 0 unspecified atom stereocenters. The van der Waals surface area contributed by atoms with Gasteiger partial charge in [0.25, 0.3) is 0 Å². The Labute approximate surface area is 172 Å². The van der Waals surface area contributed by atoms with Crippen molar-refractivity contribution < 1.29 is 9.59 Å². The number of nitrogens with one attached hydrogen (secondary N) is 2. The largest absolute Gasteiger partial charge is 0.359 e. The van der Waals surface area contributed by atoms with Gasteiger partial charge in [-0.3, -0.25) is 9.59 Å². The molecule has 2 aromatic rings. The van der Waals surface area contributed by atoms with Crippen LogP contribution in [0.25, 0.3) is 0 Å². The number of aryl methyl sites for hydroxylation is 1. The fourth-order valence-corrected chi connectivity index (χ4v) is 3.61. The molecule has 1 fully saturated rings. The minimum atomic E-state index is -0.146. The first-order valence-corrected chi connectivity index (χ1v) is 9.61. The Morgan fingerprint density at radius 2 is 1.96 bits per heavy atom. The van der Waals surface area contributed by atoms with Crippen LogP contribution in [0.5, 0.6) is 0 Å². The topological polar surface area (TPSA) is 61.4 Å². The van der Waals surface area contributed by atoms with Crippen molar-refractivity contribution >= 4 is 58.0 Å². The van der Waals surface area contributed by atoms with E-state index in [9.17, 15) is 9.59 Å². The second-order valence-electron chi connectivity index (χ2n) is 6.20. The van der Waals surface area contributed by atoms with E-state index in [4.69, 9.17) is 34.8 Å². The molecule has 1 saturated heterocycles. The molecule has 0 aliphatic carbocycles. The lowest BCUT2D eigenvalue weighted by molar-refractivity contribution is -0.120. The normalized spacial score (nSPS) is 14.0. The van der Waals surface area contributed by atoms with Crippen LogP contribution in [-0.4, -0.2) is 31.4 Å². The highest BCUT2D eigenvalue weighted by atomic mass is 35.5. The highest BCUT2D eigenvalue weighted by molar-refractivity contribution is 6.42. The number of piperazine rings is 1. The van der Waals surface area contributed by atoms with E-state index >= 15 is 0 Å². The third kappa shape index (κ3) is 5.06. The maximum absolute atomic E-state index is 12.2. The Bertz CT molecular complexity index is 873. The molecule has 5 nitrogen and oxygen atoms in total. The fourth-order valence-electron chi connectivity index (χ4n) is 2.90. The third-order valence-corrected chi connectivity index (χ3v) is 5.42. The number of hydrogen-bond acceptors (Lipinski definition) is 3. The zero-order valence-electron chi connectivity index (χ0n) is 14.4. The van der Waals surface area contributed by atoms with Crippen molar-refractivity contribution in [1.29, 1.82) is 0 Å². The minimum Gasteiger partial charge on any atom is -0.359 e. The summed E-state index contributed by atoms with van der Waals surface area (Å²) in [5.74, 6) is -0.179. The van der Waals surface area contributed by atoms with Crippen LogP contribution >= 0.6 is 34.8 Å². The van der Waals surface area contributed by atoms with Crippen LogP contribution in [-0.2, 0) is 16.0 Å². The number of carbonyl (C=O) groups excluding carboxylic acids is 2. The molecule has 0 saturated carbocycles. The average Bonchev–Trinajstić information content (AvgIpc) is 2.63. The van der Waals surface area contributed by atoms with Gasteiger partial charge in [-0.05, 0) is 36.2 Å². The van der Waals surface area contributed by atoms with Gasteiger partial charge in [0.2, 0.25) is 11.8 Å². The first-order valence-electron chi connectivity index (χ1n) is 8.48. The lowest BCUT2D eigenvalue weighted by Crippen LogP contribution is -2.47. The van der Waals surface area contributed by atoms with Crippen molar-refractivity contribution in [3.8, 4) is 0 Å². The average molecular weight is 427 g/mol. The molecular weight excluding hydrogens is 409 g/mol. The lowest BCUT2D eigenvalue weighted by Gasteiger charge is -2.29. The van der Waals surface area contributed by atoms with Gasteiger partial charge in [-0.25, -0.2) is 0 Å². The van der Waals surface area contributed by atoms with Crippen molar-refractivity contribution in [2.75, 3.05) is 29.9 Å². The van der Waals surface area contributed by atoms with Crippen molar-refractivity contribution in [1.82, 2.24) is 5.32 Å². The molecule has 2 amide bonds. The summed E-state index contributed by atoms with van der Waals surface area (Å²) in [6, 6.07) is 10.6. The Balaban J connectivity index is 1.60.